The van der Waals surface area contributed by atoms with Gasteiger partial charge in [0.25, 0.3) is 0 Å². The Kier molecular flexibility index (Phi) is 6.46. The molecule has 0 amide bonds. The van der Waals surface area contributed by atoms with Gasteiger partial charge in [-0.2, -0.15) is 0 Å². The number of carboxylic acid groups (broad SMARTS) is 1. The van der Waals surface area contributed by atoms with Gasteiger partial charge in [0.1, 0.15) is 6.04 Å². The van der Waals surface area contributed by atoms with E-state index in [4.69, 9.17) is 5.11 Å². The maximum Gasteiger partial charge on any atom is 0.320 e. The molecule has 3 heteroatoms. The van der Waals surface area contributed by atoms with Gasteiger partial charge in [0, 0.05) is 0 Å². The summed E-state index contributed by atoms with van der Waals surface area (Å²) in [6.07, 6.45) is 9.35. The van der Waals surface area contributed by atoms with Gasteiger partial charge in [-0.3, -0.25) is 9.69 Å². The molecule has 1 saturated heterocycles. The number of rotatable bonds is 7. The van der Waals surface area contributed by atoms with Crippen LogP contribution in [0.15, 0.2) is 0 Å². The lowest BCUT2D eigenvalue weighted by atomic mass is 10.0. The lowest BCUT2D eigenvalue weighted by Gasteiger charge is -2.32. The minimum atomic E-state index is -0.631. The zero-order valence-corrected chi connectivity index (χ0v) is 10.5. The molecule has 0 bridgehead atoms. The van der Waals surface area contributed by atoms with E-state index in [1.54, 1.807) is 0 Å². The highest BCUT2D eigenvalue weighted by molar-refractivity contribution is 5.73. The normalized spacial score (nSPS) is 22.2. The number of unbranched alkanes of at least 4 members (excludes halogenated alkanes) is 4. The van der Waals surface area contributed by atoms with E-state index in [0.29, 0.717) is 0 Å². The number of piperidine rings is 1. The van der Waals surface area contributed by atoms with Crippen molar-refractivity contribution in [2.75, 3.05) is 13.1 Å². The minimum absolute atomic E-state index is 0.208. The summed E-state index contributed by atoms with van der Waals surface area (Å²) in [5, 5.41) is 9.11. The summed E-state index contributed by atoms with van der Waals surface area (Å²) in [5.74, 6) is -0.631. The molecule has 0 aromatic rings. The van der Waals surface area contributed by atoms with Gasteiger partial charge in [-0.15, -0.1) is 0 Å². The summed E-state index contributed by atoms with van der Waals surface area (Å²) in [5.41, 5.74) is 0. The van der Waals surface area contributed by atoms with E-state index in [9.17, 15) is 4.79 Å². The molecule has 1 atom stereocenters. The van der Waals surface area contributed by atoms with Crippen molar-refractivity contribution < 1.29 is 9.90 Å². The van der Waals surface area contributed by atoms with Crippen molar-refractivity contribution in [2.24, 2.45) is 0 Å². The van der Waals surface area contributed by atoms with E-state index >= 15 is 0 Å². The Morgan fingerprint density at radius 2 is 2.00 bits per heavy atom. The predicted molar refractivity (Wildman–Crippen MR) is 65.6 cm³/mol. The van der Waals surface area contributed by atoms with Crippen molar-refractivity contribution in [3.8, 4) is 0 Å². The zero-order valence-electron chi connectivity index (χ0n) is 10.5. The third kappa shape index (κ3) is 4.52. The number of aliphatic carboxylic acids is 1. The summed E-state index contributed by atoms with van der Waals surface area (Å²) >= 11 is 0. The fraction of sp³-hybridized carbons (Fsp3) is 0.923. The van der Waals surface area contributed by atoms with E-state index in [1.807, 2.05) is 0 Å². The van der Waals surface area contributed by atoms with Crippen molar-refractivity contribution in [2.45, 2.75) is 64.3 Å². The molecule has 0 radical (unpaired) electrons. The van der Waals surface area contributed by atoms with Crippen LogP contribution in [0.2, 0.25) is 0 Å². The van der Waals surface area contributed by atoms with Crippen LogP contribution in [-0.4, -0.2) is 35.1 Å². The number of carbonyl (C=O) groups is 1. The molecule has 0 saturated carbocycles. The summed E-state index contributed by atoms with van der Waals surface area (Å²) in [7, 11) is 0. The van der Waals surface area contributed by atoms with Crippen LogP contribution in [-0.2, 0) is 4.79 Å². The molecule has 1 rings (SSSR count). The number of hydrogen-bond acceptors (Lipinski definition) is 2. The second-order valence-corrected chi connectivity index (χ2v) is 4.80. The fourth-order valence-electron chi connectivity index (χ4n) is 2.46. The molecule has 1 unspecified atom stereocenters. The molecule has 94 valence electrons. The second-order valence-electron chi connectivity index (χ2n) is 4.80. The molecule has 1 aliphatic rings. The van der Waals surface area contributed by atoms with Gasteiger partial charge in [0.2, 0.25) is 0 Å². The highest BCUT2D eigenvalue weighted by Crippen LogP contribution is 2.18. The first-order valence-corrected chi connectivity index (χ1v) is 6.72. The average molecular weight is 227 g/mol. The van der Waals surface area contributed by atoms with Crippen molar-refractivity contribution in [3.05, 3.63) is 0 Å². The molecule has 1 N–H and O–H groups in total. The van der Waals surface area contributed by atoms with E-state index in [0.717, 1.165) is 32.4 Å². The average Bonchev–Trinajstić information content (AvgIpc) is 2.29. The number of hydrogen-bond donors (Lipinski definition) is 1. The van der Waals surface area contributed by atoms with Gasteiger partial charge in [-0.05, 0) is 32.4 Å². The molecular formula is C13H25NO2. The van der Waals surface area contributed by atoms with E-state index in [2.05, 4.69) is 11.8 Å². The first-order chi connectivity index (χ1) is 7.75. The Hall–Kier alpha value is -0.570. The maximum atomic E-state index is 11.1. The van der Waals surface area contributed by atoms with Gasteiger partial charge < -0.3 is 5.11 Å². The summed E-state index contributed by atoms with van der Waals surface area (Å²) in [6.45, 7) is 4.16. The zero-order chi connectivity index (χ0) is 11.8. The van der Waals surface area contributed by atoms with E-state index in [-0.39, 0.29) is 6.04 Å². The van der Waals surface area contributed by atoms with Crippen LogP contribution < -0.4 is 0 Å². The highest BCUT2D eigenvalue weighted by atomic mass is 16.4. The van der Waals surface area contributed by atoms with Crippen LogP contribution in [0.1, 0.15) is 58.3 Å². The Balaban J connectivity index is 2.19. The van der Waals surface area contributed by atoms with Crippen molar-refractivity contribution >= 4 is 5.97 Å². The molecule has 3 nitrogen and oxygen atoms in total. The predicted octanol–water partition coefficient (Wildman–Crippen LogP) is 2.90. The van der Waals surface area contributed by atoms with Crippen LogP contribution in [0.5, 0.6) is 0 Å². The van der Waals surface area contributed by atoms with E-state index in [1.165, 1.54) is 32.1 Å². The first-order valence-electron chi connectivity index (χ1n) is 6.72. The largest absolute Gasteiger partial charge is 0.480 e. The topological polar surface area (TPSA) is 40.5 Å². The Morgan fingerprint density at radius 1 is 1.25 bits per heavy atom. The van der Waals surface area contributed by atoms with Crippen LogP contribution in [0.3, 0.4) is 0 Å². The molecular weight excluding hydrogens is 202 g/mol. The Labute approximate surface area is 98.8 Å². The molecule has 0 aromatic carbocycles. The van der Waals surface area contributed by atoms with Crippen LogP contribution in [0, 0.1) is 0 Å². The van der Waals surface area contributed by atoms with Crippen LogP contribution in [0.4, 0.5) is 0 Å². The van der Waals surface area contributed by atoms with Gasteiger partial charge in [0.15, 0.2) is 0 Å². The first kappa shape index (κ1) is 13.5. The third-order valence-electron chi connectivity index (χ3n) is 3.45. The Morgan fingerprint density at radius 3 is 2.69 bits per heavy atom. The van der Waals surface area contributed by atoms with Gasteiger partial charge in [-0.1, -0.05) is 39.0 Å². The minimum Gasteiger partial charge on any atom is -0.480 e. The SMILES string of the molecule is CCCCCCCN1CCCCC1C(=O)O. The monoisotopic (exact) mass is 227 g/mol. The van der Waals surface area contributed by atoms with E-state index < -0.39 is 5.97 Å². The lowest BCUT2D eigenvalue weighted by Crippen LogP contribution is -2.44. The molecule has 1 aliphatic heterocycles. The summed E-state index contributed by atoms with van der Waals surface area (Å²) in [4.78, 5) is 13.2. The number of likely N-dealkylation sites (tertiary alicyclic amines) is 1. The quantitative estimate of drug-likeness (QED) is 0.680. The number of carboxylic acids is 1. The lowest BCUT2D eigenvalue weighted by molar-refractivity contribution is -0.144. The van der Waals surface area contributed by atoms with Crippen molar-refractivity contribution in [1.82, 2.24) is 4.90 Å². The molecule has 0 aromatic heterocycles. The molecule has 0 aliphatic carbocycles. The molecule has 0 spiro atoms. The Bertz CT molecular complexity index is 206. The van der Waals surface area contributed by atoms with Gasteiger partial charge in [0.05, 0.1) is 0 Å². The molecule has 1 heterocycles. The second kappa shape index (κ2) is 7.66. The molecule has 1 fully saturated rings. The summed E-state index contributed by atoms with van der Waals surface area (Å²) in [6, 6.07) is -0.208. The summed E-state index contributed by atoms with van der Waals surface area (Å²) < 4.78 is 0. The van der Waals surface area contributed by atoms with Crippen LogP contribution >= 0.6 is 0 Å². The fourth-order valence-corrected chi connectivity index (χ4v) is 2.46. The van der Waals surface area contributed by atoms with Gasteiger partial charge in [-0.25, -0.2) is 0 Å². The van der Waals surface area contributed by atoms with Crippen LogP contribution in [0.25, 0.3) is 0 Å². The third-order valence-corrected chi connectivity index (χ3v) is 3.45. The smallest absolute Gasteiger partial charge is 0.320 e. The van der Waals surface area contributed by atoms with Crippen molar-refractivity contribution in [3.63, 3.8) is 0 Å². The van der Waals surface area contributed by atoms with Crippen molar-refractivity contribution in [1.29, 1.82) is 0 Å². The number of nitrogens with zero attached hydrogens (tertiary/aromatic N) is 1. The standard InChI is InChI=1S/C13H25NO2/c1-2-3-4-5-7-10-14-11-8-6-9-12(14)13(15)16/h12H,2-11H2,1H3,(H,15,16). The maximum absolute atomic E-state index is 11.1. The molecule has 16 heavy (non-hydrogen) atoms. The van der Waals surface area contributed by atoms with Gasteiger partial charge >= 0.3 is 5.97 Å². The highest BCUT2D eigenvalue weighted by Gasteiger charge is 2.27.